The maximum Gasteiger partial charge on any atom is 0.276 e. The molecule has 2 amide bonds. The number of halogens is 1. The zero-order chi connectivity index (χ0) is 18.1. The Morgan fingerprint density at radius 2 is 1.68 bits per heavy atom. The second-order valence-corrected chi connectivity index (χ2v) is 5.47. The van der Waals surface area contributed by atoms with Crippen LogP contribution in [0.4, 0.5) is 4.39 Å². The van der Waals surface area contributed by atoms with Gasteiger partial charge in [-0.15, -0.1) is 0 Å². The van der Waals surface area contributed by atoms with Gasteiger partial charge >= 0.3 is 0 Å². The van der Waals surface area contributed by atoms with Crippen LogP contribution in [0, 0.1) is 5.82 Å². The van der Waals surface area contributed by atoms with Gasteiger partial charge in [0, 0.05) is 6.42 Å². The van der Waals surface area contributed by atoms with Gasteiger partial charge in [-0.1, -0.05) is 37.3 Å². The van der Waals surface area contributed by atoms with Crippen LogP contribution in [-0.4, -0.2) is 18.4 Å². The minimum Gasteiger partial charge on any atom is -0.484 e. The van der Waals surface area contributed by atoms with E-state index >= 15 is 0 Å². The zero-order valence-electron chi connectivity index (χ0n) is 14.0. The van der Waals surface area contributed by atoms with Crippen molar-refractivity contribution in [2.24, 2.45) is 0 Å². The van der Waals surface area contributed by atoms with Crippen molar-refractivity contribution in [3.8, 4) is 5.75 Å². The van der Waals surface area contributed by atoms with Crippen molar-refractivity contribution in [1.82, 2.24) is 10.9 Å². The summed E-state index contributed by atoms with van der Waals surface area (Å²) in [7, 11) is 0. The van der Waals surface area contributed by atoms with Gasteiger partial charge in [0.05, 0.1) is 0 Å². The highest BCUT2D eigenvalue weighted by molar-refractivity contribution is 5.82. The van der Waals surface area contributed by atoms with E-state index in [0.29, 0.717) is 11.3 Å². The third-order valence-electron chi connectivity index (χ3n) is 3.62. The van der Waals surface area contributed by atoms with Crippen LogP contribution in [0.15, 0.2) is 48.5 Å². The quantitative estimate of drug-likeness (QED) is 0.759. The fourth-order valence-electron chi connectivity index (χ4n) is 2.16. The summed E-state index contributed by atoms with van der Waals surface area (Å²) in [5.41, 5.74) is 6.20. The van der Waals surface area contributed by atoms with E-state index in [1.54, 1.807) is 30.3 Å². The molecule has 0 saturated carbocycles. The summed E-state index contributed by atoms with van der Waals surface area (Å²) in [6.07, 6.45) is 1.26. The van der Waals surface area contributed by atoms with Crippen molar-refractivity contribution >= 4 is 11.8 Å². The van der Waals surface area contributed by atoms with Crippen LogP contribution >= 0.6 is 0 Å². The molecule has 0 aliphatic rings. The Hall–Kier alpha value is -2.89. The molecule has 2 rings (SSSR count). The lowest BCUT2D eigenvalue weighted by molar-refractivity contribution is -0.130. The van der Waals surface area contributed by atoms with E-state index in [2.05, 4.69) is 17.8 Å². The second-order valence-electron chi connectivity index (χ2n) is 5.47. The molecule has 132 valence electrons. The van der Waals surface area contributed by atoms with E-state index in [-0.39, 0.29) is 25.3 Å². The lowest BCUT2D eigenvalue weighted by atomic mass is 10.1. The lowest BCUT2D eigenvalue weighted by Crippen LogP contribution is -2.43. The molecule has 2 aromatic rings. The molecule has 0 aliphatic carbocycles. The number of hydrogen-bond donors (Lipinski definition) is 2. The lowest BCUT2D eigenvalue weighted by Gasteiger charge is -2.09. The van der Waals surface area contributed by atoms with Gasteiger partial charge in [0.25, 0.3) is 5.91 Å². The first-order chi connectivity index (χ1) is 12.1. The number of nitrogens with one attached hydrogen (secondary N) is 2. The Kier molecular flexibility index (Phi) is 6.95. The number of benzene rings is 2. The molecule has 0 unspecified atom stereocenters. The highest BCUT2D eigenvalue weighted by Crippen LogP contribution is 2.12. The van der Waals surface area contributed by atoms with E-state index in [0.717, 1.165) is 6.42 Å². The number of carbonyl (C=O) groups excluding carboxylic acids is 2. The average Bonchev–Trinajstić information content (AvgIpc) is 2.64. The van der Waals surface area contributed by atoms with Crippen molar-refractivity contribution in [3.63, 3.8) is 0 Å². The minimum atomic E-state index is -0.473. The van der Waals surface area contributed by atoms with Gasteiger partial charge in [-0.3, -0.25) is 20.4 Å². The Morgan fingerprint density at radius 3 is 2.36 bits per heavy atom. The fraction of sp³-hybridized carbons (Fsp3) is 0.263. The fourth-order valence-corrected chi connectivity index (χ4v) is 2.16. The van der Waals surface area contributed by atoms with E-state index in [1.807, 2.05) is 12.1 Å². The number of hydrogen-bond acceptors (Lipinski definition) is 3. The number of amides is 2. The molecule has 0 aromatic heterocycles. The first-order valence-corrected chi connectivity index (χ1v) is 8.11. The predicted octanol–water partition coefficient (Wildman–Crippen LogP) is 2.55. The molecule has 2 N–H and O–H groups in total. The van der Waals surface area contributed by atoms with Crippen molar-refractivity contribution in [1.29, 1.82) is 0 Å². The van der Waals surface area contributed by atoms with Crippen LogP contribution in [0.25, 0.3) is 0 Å². The molecule has 0 spiro atoms. The zero-order valence-corrected chi connectivity index (χ0v) is 14.0. The van der Waals surface area contributed by atoms with E-state index in [9.17, 15) is 14.0 Å². The minimum absolute atomic E-state index is 0.0700. The monoisotopic (exact) mass is 344 g/mol. The summed E-state index contributed by atoms with van der Waals surface area (Å²) in [5.74, 6) is -0.636. The molecule has 0 fully saturated rings. The first kappa shape index (κ1) is 18.4. The SMILES string of the molecule is CCc1ccc(OCC(=O)NNC(=O)CCc2ccccc2F)cc1. The maximum atomic E-state index is 13.4. The molecular weight excluding hydrogens is 323 g/mol. The second kappa shape index (κ2) is 9.42. The average molecular weight is 344 g/mol. The van der Waals surface area contributed by atoms with Crippen LogP contribution in [-0.2, 0) is 22.4 Å². The van der Waals surface area contributed by atoms with Crippen LogP contribution in [0.5, 0.6) is 5.75 Å². The highest BCUT2D eigenvalue weighted by Gasteiger charge is 2.08. The predicted molar refractivity (Wildman–Crippen MR) is 92.3 cm³/mol. The number of aryl methyl sites for hydroxylation is 2. The topological polar surface area (TPSA) is 67.4 Å². The van der Waals surface area contributed by atoms with Gasteiger partial charge in [-0.2, -0.15) is 0 Å². The van der Waals surface area contributed by atoms with Crippen LogP contribution in [0.3, 0.4) is 0 Å². The molecule has 0 bridgehead atoms. The molecule has 0 atom stereocenters. The highest BCUT2D eigenvalue weighted by atomic mass is 19.1. The van der Waals surface area contributed by atoms with Crippen LogP contribution in [0.2, 0.25) is 0 Å². The Labute approximate surface area is 146 Å². The smallest absolute Gasteiger partial charge is 0.276 e. The van der Waals surface area contributed by atoms with E-state index in [4.69, 9.17) is 4.74 Å². The standard InChI is InChI=1S/C19H21FN2O3/c1-2-14-7-10-16(11-8-14)25-13-19(24)22-21-18(23)12-9-15-5-3-4-6-17(15)20/h3-8,10-11H,2,9,12-13H2,1H3,(H,21,23)(H,22,24). The molecular formula is C19H21FN2O3. The van der Waals surface area contributed by atoms with Gasteiger partial charge in [0.1, 0.15) is 11.6 Å². The largest absolute Gasteiger partial charge is 0.484 e. The molecule has 25 heavy (non-hydrogen) atoms. The molecule has 0 radical (unpaired) electrons. The number of hydrazine groups is 1. The van der Waals surface area contributed by atoms with E-state index < -0.39 is 11.8 Å². The van der Waals surface area contributed by atoms with Crippen molar-refractivity contribution in [2.75, 3.05) is 6.61 Å². The van der Waals surface area contributed by atoms with Crippen LogP contribution in [0.1, 0.15) is 24.5 Å². The molecule has 0 saturated heterocycles. The Morgan fingerprint density at radius 1 is 1.00 bits per heavy atom. The molecule has 6 heteroatoms. The Bertz CT molecular complexity index is 717. The summed E-state index contributed by atoms with van der Waals surface area (Å²) >= 11 is 0. The van der Waals surface area contributed by atoms with Gasteiger partial charge in [-0.05, 0) is 42.2 Å². The maximum absolute atomic E-state index is 13.4. The van der Waals surface area contributed by atoms with Crippen LogP contribution < -0.4 is 15.6 Å². The van der Waals surface area contributed by atoms with Crippen molar-refractivity contribution in [2.45, 2.75) is 26.2 Å². The van der Waals surface area contributed by atoms with Gasteiger partial charge in [-0.25, -0.2) is 4.39 Å². The van der Waals surface area contributed by atoms with Crippen molar-refractivity contribution < 1.29 is 18.7 Å². The molecule has 0 aliphatic heterocycles. The molecule has 5 nitrogen and oxygen atoms in total. The number of carbonyl (C=O) groups is 2. The molecule has 2 aromatic carbocycles. The molecule has 0 heterocycles. The summed E-state index contributed by atoms with van der Waals surface area (Å²) in [6, 6.07) is 13.7. The van der Waals surface area contributed by atoms with Gasteiger partial charge in [0.15, 0.2) is 6.61 Å². The summed E-state index contributed by atoms with van der Waals surface area (Å²) < 4.78 is 18.8. The number of rotatable bonds is 7. The summed E-state index contributed by atoms with van der Waals surface area (Å²) in [4.78, 5) is 23.3. The van der Waals surface area contributed by atoms with E-state index in [1.165, 1.54) is 11.6 Å². The third-order valence-corrected chi connectivity index (χ3v) is 3.62. The Balaban J connectivity index is 1.66. The van der Waals surface area contributed by atoms with Gasteiger partial charge in [0.2, 0.25) is 5.91 Å². The summed E-state index contributed by atoms with van der Waals surface area (Å²) in [6.45, 7) is 1.84. The third kappa shape index (κ3) is 6.25. The normalized spacial score (nSPS) is 10.2. The number of ether oxygens (including phenoxy) is 1. The van der Waals surface area contributed by atoms with Crippen molar-refractivity contribution in [3.05, 3.63) is 65.5 Å². The first-order valence-electron chi connectivity index (χ1n) is 8.11. The summed E-state index contributed by atoms with van der Waals surface area (Å²) in [5, 5.41) is 0. The van der Waals surface area contributed by atoms with Gasteiger partial charge < -0.3 is 4.74 Å².